The molecule has 0 aliphatic carbocycles. The highest BCUT2D eigenvalue weighted by molar-refractivity contribution is 5.74. The third-order valence-electron chi connectivity index (χ3n) is 4.07. The molecule has 0 spiro atoms. The van der Waals surface area contributed by atoms with Crippen molar-refractivity contribution >= 4 is 17.1 Å². The van der Waals surface area contributed by atoms with Crippen molar-refractivity contribution in [1.29, 1.82) is 0 Å². The number of aromatic nitrogens is 4. The van der Waals surface area contributed by atoms with E-state index in [0.717, 1.165) is 25.9 Å². The molecule has 0 saturated carbocycles. The van der Waals surface area contributed by atoms with Gasteiger partial charge in [0.1, 0.15) is 0 Å². The maximum atomic E-state index is 12.2. The van der Waals surface area contributed by atoms with Crippen molar-refractivity contribution in [2.24, 2.45) is 7.05 Å². The highest BCUT2D eigenvalue weighted by Crippen LogP contribution is 2.23. The monoisotopic (exact) mass is 307 g/mol. The maximum absolute atomic E-state index is 12.2. The number of H-pyrrole nitrogens is 1. The van der Waals surface area contributed by atoms with E-state index in [1.165, 1.54) is 11.0 Å². The van der Waals surface area contributed by atoms with E-state index >= 15 is 0 Å². The molecule has 0 aromatic carbocycles. The standard InChI is InChI=1S/C14H21N5O3/c1-9(20)8-19-10-11(17(2)14(22)16-12(10)21)15-13(19)18-6-4-3-5-7-18/h9,20H,3-8H2,1-2H3,(H,16,21,22). The number of anilines is 1. The lowest BCUT2D eigenvalue weighted by Crippen LogP contribution is -2.33. The number of nitrogens with zero attached hydrogens (tertiary/aromatic N) is 4. The smallest absolute Gasteiger partial charge is 0.329 e. The van der Waals surface area contributed by atoms with Gasteiger partial charge < -0.3 is 14.6 Å². The summed E-state index contributed by atoms with van der Waals surface area (Å²) in [5.74, 6) is 0.655. The van der Waals surface area contributed by atoms with Gasteiger partial charge in [0.2, 0.25) is 5.95 Å². The molecular weight excluding hydrogens is 286 g/mol. The fraction of sp³-hybridized carbons (Fsp3) is 0.643. The summed E-state index contributed by atoms with van der Waals surface area (Å²) < 4.78 is 3.06. The van der Waals surface area contributed by atoms with Crippen molar-refractivity contribution in [2.45, 2.75) is 38.8 Å². The van der Waals surface area contributed by atoms with E-state index in [-0.39, 0.29) is 6.54 Å². The first-order valence-electron chi connectivity index (χ1n) is 7.61. The molecule has 1 fully saturated rings. The van der Waals surface area contributed by atoms with Gasteiger partial charge in [-0.2, -0.15) is 4.98 Å². The van der Waals surface area contributed by atoms with E-state index in [0.29, 0.717) is 17.1 Å². The number of hydrogen-bond donors (Lipinski definition) is 2. The molecule has 8 heteroatoms. The molecule has 8 nitrogen and oxygen atoms in total. The van der Waals surface area contributed by atoms with Gasteiger partial charge in [0, 0.05) is 20.1 Å². The molecule has 3 rings (SSSR count). The predicted molar refractivity (Wildman–Crippen MR) is 83.3 cm³/mol. The van der Waals surface area contributed by atoms with Gasteiger partial charge in [0.15, 0.2) is 11.2 Å². The molecular formula is C14H21N5O3. The van der Waals surface area contributed by atoms with E-state index in [9.17, 15) is 14.7 Å². The summed E-state index contributed by atoms with van der Waals surface area (Å²) in [4.78, 5) is 32.9. The van der Waals surface area contributed by atoms with Gasteiger partial charge in [-0.15, -0.1) is 0 Å². The first kappa shape index (κ1) is 14.8. The number of aliphatic hydroxyl groups is 1. The van der Waals surface area contributed by atoms with Crippen LogP contribution in [0, 0.1) is 0 Å². The first-order chi connectivity index (χ1) is 10.5. The number of imidazole rings is 1. The predicted octanol–water partition coefficient (Wildman–Crippen LogP) is -0.206. The highest BCUT2D eigenvalue weighted by atomic mass is 16.3. The van der Waals surface area contributed by atoms with Crippen molar-refractivity contribution in [3.05, 3.63) is 20.8 Å². The summed E-state index contributed by atoms with van der Waals surface area (Å²) in [5, 5.41) is 9.77. The molecule has 1 aliphatic rings. The van der Waals surface area contributed by atoms with Gasteiger partial charge in [-0.25, -0.2) is 4.79 Å². The molecule has 2 aromatic rings. The van der Waals surface area contributed by atoms with Gasteiger partial charge >= 0.3 is 5.69 Å². The molecule has 120 valence electrons. The average Bonchev–Trinajstić information content (AvgIpc) is 2.85. The minimum atomic E-state index is -0.613. The summed E-state index contributed by atoms with van der Waals surface area (Å²) in [6.45, 7) is 3.68. The lowest BCUT2D eigenvalue weighted by atomic mass is 10.1. The second-order valence-electron chi connectivity index (χ2n) is 5.91. The average molecular weight is 307 g/mol. The second-order valence-corrected chi connectivity index (χ2v) is 5.91. The van der Waals surface area contributed by atoms with Gasteiger partial charge in [0.05, 0.1) is 12.6 Å². The van der Waals surface area contributed by atoms with Crippen LogP contribution in [0.15, 0.2) is 9.59 Å². The molecule has 0 amide bonds. The first-order valence-corrected chi connectivity index (χ1v) is 7.61. The third kappa shape index (κ3) is 2.43. The fourth-order valence-electron chi connectivity index (χ4n) is 3.00. The Hall–Kier alpha value is -2.09. The lowest BCUT2D eigenvalue weighted by Gasteiger charge is -2.28. The maximum Gasteiger partial charge on any atom is 0.329 e. The van der Waals surface area contributed by atoms with Crippen molar-refractivity contribution < 1.29 is 5.11 Å². The zero-order valence-corrected chi connectivity index (χ0v) is 12.9. The highest BCUT2D eigenvalue weighted by Gasteiger charge is 2.23. The zero-order valence-electron chi connectivity index (χ0n) is 12.9. The van der Waals surface area contributed by atoms with Crippen LogP contribution in [0.5, 0.6) is 0 Å². The van der Waals surface area contributed by atoms with E-state index < -0.39 is 17.4 Å². The van der Waals surface area contributed by atoms with Crippen LogP contribution in [-0.2, 0) is 13.6 Å². The number of rotatable bonds is 3. The number of fused-ring (bicyclic) bond motifs is 1. The molecule has 1 atom stereocenters. The number of aliphatic hydroxyl groups excluding tert-OH is 1. The van der Waals surface area contributed by atoms with Crippen LogP contribution in [0.4, 0.5) is 5.95 Å². The van der Waals surface area contributed by atoms with E-state index in [1.807, 2.05) is 0 Å². The lowest BCUT2D eigenvalue weighted by molar-refractivity contribution is 0.175. The van der Waals surface area contributed by atoms with Crippen molar-refractivity contribution in [2.75, 3.05) is 18.0 Å². The molecule has 1 saturated heterocycles. The van der Waals surface area contributed by atoms with Crippen LogP contribution in [0.3, 0.4) is 0 Å². The minimum Gasteiger partial charge on any atom is -0.392 e. The molecule has 2 aromatic heterocycles. The van der Waals surface area contributed by atoms with Gasteiger partial charge in [-0.1, -0.05) is 0 Å². The van der Waals surface area contributed by atoms with E-state index in [1.54, 1.807) is 18.5 Å². The topological polar surface area (TPSA) is 96.2 Å². The van der Waals surface area contributed by atoms with Crippen molar-refractivity contribution in [3.8, 4) is 0 Å². The molecule has 0 bridgehead atoms. The Morgan fingerprint density at radius 1 is 1.27 bits per heavy atom. The van der Waals surface area contributed by atoms with Gasteiger partial charge in [-0.05, 0) is 26.2 Å². The normalized spacial score (nSPS) is 17.1. The van der Waals surface area contributed by atoms with Crippen molar-refractivity contribution in [3.63, 3.8) is 0 Å². The SMILES string of the molecule is CC(O)Cn1c(N2CCCCC2)nc2c1c(=O)[nH]c(=O)n2C. The van der Waals surface area contributed by atoms with E-state index in [4.69, 9.17) is 0 Å². The molecule has 3 heterocycles. The van der Waals surface area contributed by atoms with Crippen LogP contribution >= 0.6 is 0 Å². The summed E-state index contributed by atoms with van der Waals surface area (Å²) in [7, 11) is 1.58. The van der Waals surface area contributed by atoms with Gasteiger partial charge in [0.25, 0.3) is 5.56 Å². The Bertz CT molecular complexity index is 795. The fourth-order valence-corrected chi connectivity index (χ4v) is 3.00. The molecule has 0 radical (unpaired) electrons. The van der Waals surface area contributed by atoms with Crippen LogP contribution < -0.4 is 16.1 Å². The number of nitrogens with one attached hydrogen (secondary N) is 1. The Morgan fingerprint density at radius 2 is 1.95 bits per heavy atom. The largest absolute Gasteiger partial charge is 0.392 e. The number of aromatic amines is 1. The number of aryl methyl sites for hydroxylation is 1. The molecule has 22 heavy (non-hydrogen) atoms. The Labute approximate surface area is 127 Å². The van der Waals surface area contributed by atoms with E-state index in [2.05, 4.69) is 14.9 Å². The Balaban J connectivity index is 2.26. The quantitative estimate of drug-likeness (QED) is 0.818. The minimum absolute atomic E-state index is 0.267. The summed E-state index contributed by atoms with van der Waals surface area (Å²) in [5.41, 5.74) is -0.252. The number of piperidine rings is 1. The Morgan fingerprint density at radius 3 is 2.59 bits per heavy atom. The number of hydrogen-bond acceptors (Lipinski definition) is 5. The molecule has 2 N–H and O–H groups in total. The summed E-state index contributed by atoms with van der Waals surface area (Å²) >= 11 is 0. The molecule has 1 unspecified atom stereocenters. The zero-order chi connectivity index (χ0) is 15.9. The van der Waals surface area contributed by atoms with Crippen LogP contribution in [-0.4, -0.2) is 43.4 Å². The summed E-state index contributed by atoms with van der Waals surface area (Å²) in [6, 6.07) is 0. The summed E-state index contributed by atoms with van der Waals surface area (Å²) in [6.07, 6.45) is 2.73. The van der Waals surface area contributed by atoms with Gasteiger partial charge in [-0.3, -0.25) is 14.3 Å². The molecule has 1 aliphatic heterocycles. The third-order valence-corrected chi connectivity index (χ3v) is 4.07. The van der Waals surface area contributed by atoms with Crippen LogP contribution in [0.2, 0.25) is 0 Å². The van der Waals surface area contributed by atoms with Crippen molar-refractivity contribution in [1.82, 2.24) is 19.1 Å². The van der Waals surface area contributed by atoms with Crippen LogP contribution in [0.1, 0.15) is 26.2 Å². The Kier molecular flexibility index (Phi) is 3.78. The second kappa shape index (κ2) is 5.60. The van der Waals surface area contributed by atoms with Crippen LogP contribution in [0.25, 0.3) is 11.2 Å².